The lowest BCUT2D eigenvalue weighted by molar-refractivity contribution is 0.803. The second kappa shape index (κ2) is 5.54. The first-order valence-corrected chi connectivity index (χ1v) is 7.52. The summed E-state index contributed by atoms with van der Waals surface area (Å²) < 4.78 is 2.14. The number of aryl methyl sites for hydroxylation is 1. The molecule has 3 N–H and O–H groups in total. The number of rotatable bonds is 4. The minimum Gasteiger partial charge on any atom is -0.384 e. The Morgan fingerprint density at radius 3 is 2.90 bits per heavy atom. The zero-order valence-corrected chi connectivity index (χ0v) is 12.5. The number of nitrogen functional groups attached to an aromatic ring is 1. The highest BCUT2D eigenvalue weighted by Crippen LogP contribution is 2.24. The molecule has 21 heavy (non-hydrogen) atoms. The fraction of sp³-hybridized carbons (Fsp3) is 0.125. The van der Waals surface area contributed by atoms with Gasteiger partial charge in [-0.05, 0) is 35.6 Å². The van der Waals surface area contributed by atoms with Crippen LogP contribution in [0.4, 0.5) is 0 Å². The van der Waals surface area contributed by atoms with Gasteiger partial charge < -0.3 is 10.3 Å². The Hall–Kier alpha value is -2.40. The number of nitrogens with one attached hydrogen (secondary N) is 1. The highest BCUT2D eigenvalue weighted by atomic mass is 32.1. The van der Waals surface area contributed by atoms with Gasteiger partial charge in [0.1, 0.15) is 11.7 Å². The quantitative estimate of drug-likeness (QED) is 0.573. The van der Waals surface area contributed by atoms with Crippen LogP contribution in [0, 0.1) is 12.3 Å². The summed E-state index contributed by atoms with van der Waals surface area (Å²) in [6, 6.07) is 10.00. The van der Waals surface area contributed by atoms with Crippen molar-refractivity contribution >= 4 is 17.2 Å². The maximum atomic E-state index is 7.49. The third-order valence-corrected chi connectivity index (χ3v) is 4.32. The van der Waals surface area contributed by atoms with Gasteiger partial charge in [0.25, 0.3) is 0 Å². The Labute approximate surface area is 127 Å². The molecule has 0 aliphatic carbocycles. The number of benzene rings is 1. The number of amidine groups is 1. The van der Waals surface area contributed by atoms with E-state index in [9.17, 15) is 0 Å². The molecule has 2 heterocycles. The molecule has 0 radical (unpaired) electrons. The highest BCUT2D eigenvalue weighted by Gasteiger charge is 2.09. The average Bonchev–Trinajstić information content (AvgIpc) is 3.11. The maximum Gasteiger partial charge on any atom is 0.150 e. The maximum absolute atomic E-state index is 7.49. The summed E-state index contributed by atoms with van der Waals surface area (Å²) in [5.74, 6) is 1.09. The molecule has 0 saturated carbocycles. The molecule has 0 amide bonds. The second-order valence-corrected chi connectivity index (χ2v) is 5.86. The van der Waals surface area contributed by atoms with Crippen LogP contribution < -0.4 is 5.73 Å². The molecule has 4 nitrogen and oxygen atoms in total. The average molecular weight is 296 g/mol. The van der Waals surface area contributed by atoms with Crippen LogP contribution in [0.3, 0.4) is 0 Å². The van der Waals surface area contributed by atoms with Gasteiger partial charge >= 0.3 is 0 Å². The van der Waals surface area contributed by atoms with E-state index >= 15 is 0 Å². The SMILES string of the molecule is Cc1cc(C(=N)N)ccc1Cn1ccnc1-c1cccs1. The van der Waals surface area contributed by atoms with E-state index in [0.717, 1.165) is 28.4 Å². The summed E-state index contributed by atoms with van der Waals surface area (Å²) in [7, 11) is 0. The number of hydrogen-bond donors (Lipinski definition) is 2. The summed E-state index contributed by atoms with van der Waals surface area (Å²) in [5.41, 5.74) is 8.63. The fourth-order valence-corrected chi connectivity index (χ4v) is 3.03. The number of aromatic nitrogens is 2. The summed E-state index contributed by atoms with van der Waals surface area (Å²) >= 11 is 1.69. The number of hydrogen-bond acceptors (Lipinski definition) is 3. The van der Waals surface area contributed by atoms with Crippen molar-refractivity contribution in [2.75, 3.05) is 0 Å². The molecule has 1 aromatic carbocycles. The van der Waals surface area contributed by atoms with Crippen molar-refractivity contribution in [2.24, 2.45) is 5.73 Å². The third kappa shape index (κ3) is 2.73. The van der Waals surface area contributed by atoms with Gasteiger partial charge in [-0.2, -0.15) is 0 Å². The number of imidazole rings is 1. The summed E-state index contributed by atoms with van der Waals surface area (Å²) in [5, 5.41) is 9.55. The fourth-order valence-electron chi connectivity index (χ4n) is 2.29. The van der Waals surface area contributed by atoms with Crippen molar-refractivity contribution in [3.8, 4) is 10.7 Å². The number of thiophene rings is 1. The van der Waals surface area contributed by atoms with Crippen molar-refractivity contribution in [1.82, 2.24) is 9.55 Å². The van der Waals surface area contributed by atoms with Gasteiger partial charge in [-0.15, -0.1) is 11.3 Å². The van der Waals surface area contributed by atoms with E-state index in [-0.39, 0.29) is 5.84 Å². The zero-order chi connectivity index (χ0) is 14.8. The van der Waals surface area contributed by atoms with Gasteiger partial charge in [0, 0.05) is 24.5 Å². The smallest absolute Gasteiger partial charge is 0.150 e. The Bertz CT molecular complexity index is 771. The van der Waals surface area contributed by atoms with E-state index in [1.807, 2.05) is 43.6 Å². The molecule has 0 bridgehead atoms. The van der Waals surface area contributed by atoms with Crippen molar-refractivity contribution in [2.45, 2.75) is 13.5 Å². The lowest BCUT2D eigenvalue weighted by Gasteiger charge is -2.11. The topological polar surface area (TPSA) is 67.7 Å². The molecule has 0 spiro atoms. The van der Waals surface area contributed by atoms with Crippen LogP contribution in [-0.4, -0.2) is 15.4 Å². The molecule has 0 aliphatic heterocycles. The van der Waals surface area contributed by atoms with E-state index in [2.05, 4.69) is 21.0 Å². The molecule has 5 heteroatoms. The molecular weight excluding hydrogens is 280 g/mol. The first-order chi connectivity index (χ1) is 10.1. The van der Waals surface area contributed by atoms with Crippen LogP contribution in [0.5, 0.6) is 0 Å². The van der Waals surface area contributed by atoms with Crippen LogP contribution in [0.2, 0.25) is 0 Å². The van der Waals surface area contributed by atoms with Gasteiger partial charge in [0.2, 0.25) is 0 Å². The summed E-state index contributed by atoms with van der Waals surface area (Å²) in [4.78, 5) is 5.61. The van der Waals surface area contributed by atoms with Crippen LogP contribution in [-0.2, 0) is 6.54 Å². The molecular formula is C16H16N4S. The lowest BCUT2D eigenvalue weighted by Crippen LogP contribution is -2.12. The minimum absolute atomic E-state index is 0.103. The van der Waals surface area contributed by atoms with Gasteiger partial charge in [-0.25, -0.2) is 4.98 Å². The molecule has 106 valence electrons. The van der Waals surface area contributed by atoms with Crippen molar-refractivity contribution in [3.05, 3.63) is 64.8 Å². The third-order valence-electron chi connectivity index (χ3n) is 3.45. The Morgan fingerprint density at radius 1 is 1.38 bits per heavy atom. The number of nitrogens with zero attached hydrogens (tertiary/aromatic N) is 2. The summed E-state index contributed by atoms with van der Waals surface area (Å²) in [6.07, 6.45) is 3.82. The standard InChI is InChI=1S/C16H16N4S/c1-11-9-12(15(17)18)4-5-13(11)10-20-7-6-19-16(20)14-3-2-8-21-14/h2-9H,10H2,1H3,(H3,17,18). The highest BCUT2D eigenvalue weighted by molar-refractivity contribution is 7.13. The molecule has 0 aliphatic rings. The minimum atomic E-state index is 0.103. The predicted molar refractivity (Wildman–Crippen MR) is 86.8 cm³/mol. The normalized spacial score (nSPS) is 10.7. The Kier molecular flexibility index (Phi) is 3.58. The number of nitrogens with two attached hydrogens (primary N) is 1. The van der Waals surface area contributed by atoms with Gasteiger partial charge in [0.15, 0.2) is 0 Å². The van der Waals surface area contributed by atoms with Crippen molar-refractivity contribution < 1.29 is 0 Å². The van der Waals surface area contributed by atoms with E-state index in [1.165, 1.54) is 5.56 Å². The van der Waals surface area contributed by atoms with Crippen LogP contribution in [0.25, 0.3) is 10.7 Å². The lowest BCUT2D eigenvalue weighted by atomic mass is 10.0. The first-order valence-electron chi connectivity index (χ1n) is 6.64. The van der Waals surface area contributed by atoms with E-state index < -0.39 is 0 Å². The zero-order valence-electron chi connectivity index (χ0n) is 11.7. The molecule has 0 fully saturated rings. The second-order valence-electron chi connectivity index (χ2n) is 4.91. The van der Waals surface area contributed by atoms with Gasteiger partial charge in [-0.1, -0.05) is 18.2 Å². The van der Waals surface area contributed by atoms with Crippen molar-refractivity contribution in [3.63, 3.8) is 0 Å². The van der Waals surface area contributed by atoms with E-state index in [4.69, 9.17) is 11.1 Å². The molecule has 3 rings (SSSR count). The van der Waals surface area contributed by atoms with E-state index in [1.54, 1.807) is 11.3 Å². The molecule has 0 saturated heterocycles. The van der Waals surface area contributed by atoms with Gasteiger partial charge in [0.05, 0.1) is 4.88 Å². The predicted octanol–water partition coefficient (Wildman–Crippen LogP) is 3.25. The van der Waals surface area contributed by atoms with E-state index in [0.29, 0.717) is 0 Å². The van der Waals surface area contributed by atoms with Crippen molar-refractivity contribution in [1.29, 1.82) is 5.41 Å². The first kappa shape index (κ1) is 13.6. The van der Waals surface area contributed by atoms with Crippen LogP contribution >= 0.6 is 11.3 Å². The molecule has 3 aromatic rings. The Balaban J connectivity index is 1.91. The molecule has 2 aromatic heterocycles. The van der Waals surface area contributed by atoms with Gasteiger partial charge in [-0.3, -0.25) is 5.41 Å². The monoisotopic (exact) mass is 296 g/mol. The summed E-state index contributed by atoms with van der Waals surface area (Å²) in [6.45, 7) is 2.81. The van der Waals surface area contributed by atoms with Crippen LogP contribution in [0.1, 0.15) is 16.7 Å². The molecule has 0 unspecified atom stereocenters. The van der Waals surface area contributed by atoms with Crippen LogP contribution in [0.15, 0.2) is 48.1 Å². The largest absolute Gasteiger partial charge is 0.384 e. The molecule has 0 atom stereocenters. The Morgan fingerprint density at radius 2 is 2.24 bits per heavy atom.